The molecule has 0 spiro atoms. The molecule has 0 saturated heterocycles. The SMILES string of the molecule is N#Cc1cnc(-c2cc(-n3c4ccccc4c4ccccc43)c(-n3c4ccccc4c4ccccc43)c(-n3c4ccccc4c4ccccc43)c2)nc1. The van der Waals surface area contributed by atoms with Gasteiger partial charge in [-0.15, -0.1) is 0 Å². The Labute approximate surface area is 303 Å². The molecule has 7 aromatic carbocycles. The summed E-state index contributed by atoms with van der Waals surface area (Å²) >= 11 is 0. The normalized spacial score (nSPS) is 11.8. The van der Waals surface area contributed by atoms with Crippen LogP contribution in [0.25, 0.3) is 93.9 Å². The minimum absolute atomic E-state index is 0.417. The van der Waals surface area contributed by atoms with Crippen molar-refractivity contribution in [2.75, 3.05) is 0 Å². The molecular formula is C47H28N6. The maximum Gasteiger partial charge on any atom is 0.159 e. The molecule has 6 nitrogen and oxygen atoms in total. The Hall–Kier alpha value is -7.49. The minimum Gasteiger partial charge on any atom is -0.307 e. The molecule has 0 radical (unpaired) electrons. The van der Waals surface area contributed by atoms with Crippen molar-refractivity contribution < 1.29 is 0 Å². The Kier molecular flexibility index (Phi) is 6.22. The van der Waals surface area contributed by atoms with Crippen LogP contribution in [0.4, 0.5) is 0 Å². The van der Waals surface area contributed by atoms with E-state index in [9.17, 15) is 5.26 Å². The molecule has 0 aliphatic carbocycles. The van der Waals surface area contributed by atoms with E-state index in [2.05, 4.69) is 177 Å². The molecule has 53 heavy (non-hydrogen) atoms. The summed E-state index contributed by atoms with van der Waals surface area (Å²) in [4.78, 5) is 9.49. The van der Waals surface area contributed by atoms with Gasteiger partial charge in [-0.25, -0.2) is 9.97 Å². The number of para-hydroxylation sites is 6. The van der Waals surface area contributed by atoms with Crippen LogP contribution < -0.4 is 0 Å². The van der Waals surface area contributed by atoms with E-state index in [1.807, 2.05) is 0 Å². The summed E-state index contributed by atoms with van der Waals surface area (Å²) in [6, 6.07) is 58.5. The molecule has 11 aromatic rings. The fourth-order valence-electron chi connectivity index (χ4n) is 8.37. The molecule has 4 heterocycles. The summed E-state index contributed by atoms with van der Waals surface area (Å²) in [5, 5.41) is 16.7. The Balaban J connectivity index is 1.42. The van der Waals surface area contributed by atoms with Crippen LogP contribution in [0.1, 0.15) is 5.56 Å². The first-order chi connectivity index (χ1) is 26.3. The van der Waals surface area contributed by atoms with E-state index in [1.165, 1.54) is 32.3 Å². The molecule has 0 fully saturated rings. The second-order valence-electron chi connectivity index (χ2n) is 13.4. The minimum atomic E-state index is 0.417. The van der Waals surface area contributed by atoms with Gasteiger partial charge in [0.1, 0.15) is 6.07 Å². The van der Waals surface area contributed by atoms with E-state index in [0.29, 0.717) is 11.4 Å². The van der Waals surface area contributed by atoms with E-state index < -0.39 is 0 Å². The van der Waals surface area contributed by atoms with Gasteiger partial charge in [-0.1, -0.05) is 109 Å². The van der Waals surface area contributed by atoms with Crippen LogP contribution in [-0.4, -0.2) is 23.7 Å². The van der Waals surface area contributed by atoms with Gasteiger partial charge in [0.2, 0.25) is 0 Å². The fraction of sp³-hybridized carbons (Fsp3) is 0. The second-order valence-corrected chi connectivity index (χ2v) is 13.4. The highest BCUT2D eigenvalue weighted by molar-refractivity contribution is 6.13. The standard InChI is InChI=1S/C47H28N6/c48-27-30-28-49-47(50-29-30)31-25-44(51-38-19-7-1-13-32(38)33-14-2-8-20-39(33)51)46(53-42-23-11-5-17-36(42)37-18-6-12-24-43(37)53)45(26-31)52-40-21-9-3-15-34(40)35-16-4-10-22-41(35)52/h1-26,28-29H. The number of nitriles is 1. The second kappa shape index (κ2) is 11.3. The monoisotopic (exact) mass is 676 g/mol. The Bertz CT molecular complexity index is 3000. The quantitative estimate of drug-likeness (QED) is 0.186. The smallest absolute Gasteiger partial charge is 0.159 e. The third-order valence-electron chi connectivity index (χ3n) is 10.6. The van der Waals surface area contributed by atoms with Crippen molar-refractivity contribution in [1.82, 2.24) is 23.7 Å². The summed E-state index contributed by atoms with van der Waals surface area (Å²) < 4.78 is 7.23. The first kappa shape index (κ1) is 29.3. The highest BCUT2D eigenvalue weighted by atomic mass is 15.1. The van der Waals surface area contributed by atoms with Gasteiger partial charge >= 0.3 is 0 Å². The van der Waals surface area contributed by atoms with Crippen LogP contribution in [-0.2, 0) is 0 Å². The average molecular weight is 677 g/mol. The zero-order chi connectivity index (χ0) is 35.0. The average Bonchev–Trinajstić information content (AvgIpc) is 3.86. The highest BCUT2D eigenvalue weighted by Crippen LogP contribution is 2.44. The van der Waals surface area contributed by atoms with Gasteiger partial charge in [0.15, 0.2) is 5.82 Å². The van der Waals surface area contributed by atoms with Gasteiger partial charge in [-0.3, -0.25) is 0 Å². The third kappa shape index (κ3) is 4.19. The van der Waals surface area contributed by atoms with Crippen LogP contribution >= 0.6 is 0 Å². The zero-order valence-corrected chi connectivity index (χ0v) is 28.3. The van der Waals surface area contributed by atoms with Gasteiger partial charge in [0.25, 0.3) is 0 Å². The molecule has 0 saturated carbocycles. The van der Waals surface area contributed by atoms with Crippen LogP contribution in [0, 0.1) is 11.3 Å². The number of aromatic nitrogens is 5. The van der Waals surface area contributed by atoms with Crippen LogP contribution in [0.5, 0.6) is 0 Å². The number of benzene rings is 7. The highest BCUT2D eigenvalue weighted by Gasteiger charge is 2.26. The third-order valence-corrected chi connectivity index (χ3v) is 10.6. The molecule has 11 rings (SSSR count). The molecule has 0 bridgehead atoms. The number of rotatable bonds is 4. The Morgan fingerprint density at radius 3 is 1.02 bits per heavy atom. The van der Waals surface area contributed by atoms with Gasteiger partial charge in [-0.05, 0) is 48.5 Å². The maximum absolute atomic E-state index is 9.62. The predicted octanol–water partition coefficient (Wildman–Crippen LogP) is 11.3. The van der Waals surface area contributed by atoms with Crippen LogP contribution in [0.3, 0.4) is 0 Å². The lowest BCUT2D eigenvalue weighted by atomic mass is 10.1. The molecule has 4 aromatic heterocycles. The lowest BCUT2D eigenvalue weighted by Crippen LogP contribution is -2.10. The first-order valence-corrected chi connectivity index (χ1v) is 17.6. The van der Waals surface area contributed by atoms with E-state index in [-0.39, 0.29) is 0 Å². The molecule has 0 atom stereocenters. The lowest BCUT2D eigenvalue weighted by Gasteiger charge is -2.23. The summed E-state index contributed by atoms with van der Waals surface area (Å²) in [5.74, 6) is 0.543. The molecule has 246 valence electrons. The summed E-state index contributed by atoms with van der Waals surface area (Å²) in [7, 11) is 0. The number of hydrogen-bond acceptors (Lipinski definition) is 3. The summed E-state index contributed by atoms with van der Waals surface area (Å²) in [6.45, 7) is 0. The van der Waals surface area contributed by atoms with Gasteiger partial charge in [0.05, 0.1) is 55.7 Å². The summed E-state index contributed by atoms with van der Waals surface area (Å²) in [6.07, 6.45) is 3.20. The molecular weight excluding hydrogens is 649 g/mol. The van der Waals surface area contributed by atoms with Crippen molar-refractivity contribution in [3.05, 3.63) is 176 Å². The molecule has 0 N–H and O–H groups in total. The number of hydrogen-bond donors (Lipinski definition) is 0. The van der Waals surface area contributed by atoms with Crippen molar-refractivity contribution in [3.63, 3.8) is 0 Å². The van der Waals surface area contributed by atoms with Crippen molar-refractivity contribution >= 4 is 65.4 Å². The fourth-order valence-corrected chi connectivity index (χ4v) is 8.37. The van der Waals surface area contributed by atoms with Crippen molar-refractivity contribution in [2.45, 2.75) is 0 Å². The van der Waals surface area contributed by atoms with Crippen molar-refractivity contribution in [3.8, 4) is 34.5 Å². The van der Waals surface area contributed by atoms with Crippen molar-refractivity contribution in [1.29, 1.82) is 5.26 Å². The van der Waals surface area contributed by atoms with E-state index in [0.717, 1.165) is 55.7 Å². The maximum atomic E-state index is 9.62. The summed E-state index contributed by atoms with van der Waals surface area (Å²) in [5.41, 5.74) is 10.9. The van der Waals surface area contributed by atoms with E-state index in [1.54, 1.807) is 12.4 Å². The predicted molar refractivity (Wildman–Crippen MR) is 215 cm³/mol. The zero-order valence-electron chi connectivity index (χ0n) is 28.3. The molecule has 0 unspecified atom stereocenters. The van der Waals surface area contributed by atoms with Gasteiger partial charge in [0, 0.05) is 50.3 Å². The Morgan fingerprint density at radius 1 is 0.396 bits per heavy atom. The molecule has 0 aliphatic heterocycles. The van der Waals surface area contributed by atoms with Crippen LogP contribution in [0.15, 0.2) is 170 Å². The molecule has 6 heteroatoms. The van der Waals surface area contributed by atoms with E-state index in [4.69, 9.17) is 9.97 Å². The first-order valence-electron chi connectivity index (χ1n) is 17.6. The van der Waals surface area contributed by atoms with Gasteiger partial charge in [-0.2, -0.15) is 5.26 Å². The number of nitrogens with zero attached hydrogens (tertiary/aromatic N) is 6. The molecule has 0 aliphatic rings. The Morgan fingerprint density at radius 2 is 0.698 bits per heavy atom. The topological polar surface area (TPSA) is 64.4 Å². The number of fused-ring (bicyclic) bond motifs is 9. The largest absolute Gasteiger partial charge is 0.307 e. The van der Waals surface area contributed by atoms with Gasteiger partial charge < -0.3 is 13.7 Å². The lowest BCUT2D eigenvalue weighted by molar-refractivity contribution is 1.05. The molecule has 0 amide bonds. The van der Waals surface area contributed by atoms with Crippen LogP contribution in [0.2, 0.25) is 0 Å². The van der Waals surface area contributed by atoms with Crippen molar-refractivity contribution in [2.24, 2.45) is 0 Å². The van der Waals surface area contributed by atoms with E-state index >= 15 is 0 Å².